The fourth-order valence-electron chi connectivity index (χ4n) is 1.68. The number of phenols is 4. The number of hydrogen-bond donors (Lipinski definition) is 4. The maximum atomic E-state index is 9.33. The van der Waals surface area contributed by atoms with E-state index in [1.54, 1.807) is 0 Å². The summed E-state index contributed by atoms with van der Waals surface area (Å²) in [5, 5.41) is 35.4. The van der Waals surface area contributed by atoms with Gasteiger partial charge in [0.15, 0.2) is 11.5 Å². The second kappa shape index (κ2) is 6.00. The van der Waals surface area contributed by atoms with Gasteiger partial charge in [-0.25, -0.2) is 0 Å². The van der Waals surface area contributed by atoms with Crippen LogP contribution in [-0.2, 0) is 0 Å². The third kappa shape index (κ3) is 4.10. The van der Waals surface area contributed by atoms with Gasteiger partial charge in [0, 0.05) is 6.07 Å². The molecular formula is C15H18O4. The zero-order valence-electron chi connectivity index (χ0n) is 11.2. The number of rotatable bonds is 0. The van der Waals surface area contributed by atoms with Crippen LogP contribution in [0.5, 0.6) is 23.0 Å². The molecule has 0 aromatic heterocycles. The van der Waals surface area contributed by atoms with E-state index in [4.69, 9.17) is 15.3 Å². The fourth-order valence-corrected chi connectivity index (χ4v) is 1.68. The molecule has 4 nitrogen and oxygen atoms in total. The summed E-state index contributed by atoms with van der Waals surface area (Å²) in [6, 6.07) is 7.51. The molecule has 0 fully saturated rings. The number of benzene rings is 2. The van der Waals surface area contributed by atoms with Crippen molar-refractivity contribution in [2.24, 2.45) is 0 Å². The Labute approximate surface area is 112 Å². The van der Waals surface area contributed by atoms with Crippen LogP contribution in [-0.4, -0.2) is 20.4 Å². The van der Waals surface area contributed by atoms with E-state index in [0.29, 0.717) is 5.75 Å². The van der Waals surface area contributed by atoms with Crippen molar-refractivity contribution in [3.8, 4) is 23.0 Å². The molecule has 2 aromatic carbocycles. The Kier molecular flexibility index (Phi) is 4.64. The van der Waals surface area contributed by atoms with E-state index in [1.165, 1.54) is 17.7 Å². The van der Waals surface area contributed by atoms with E-state index in [9.17, 15) is 5.11 Å². The minimum Gasteiger partial charge on any atom is -0.508 e. The van der Waals surface area contributed by atoms with Gasteiger partial charge in [-0.1, -0.05) is 17.7 Å². The first-order valence-corrected chi connectivity index (χ1v) is 5.79. The minimum atomic E-state index is -0.310. The van der Waals surface area contributed by atoms with Crippen LogP contribution in [0.25, 0.3) is 0 Å². The highest BCUT2D eigenvalue weighted by Gasteiger charge is 1.99. The van der Waals surface area contributed by atoms with E-state index in [0.717, 1.165) is 17.2 Å². The SMILES string of the molecule is Cc1cc(C)c(O)c(C)c1.Oc1ccc(O)c(O)c1. The molecule has 0 amide bonds. The molecule has 19 heavy (non-hydrogen) atoms. The Balaban J connectivity index is 0.000000191. The number of aryl methyl sites for hydroxylation is 3. The van der Waals surface area contributed by atoms with Crippen molar-refractivity contribution in [3.63, 3.8) is 0 Å². The summed E-state index contributed by atoms with van der Waals surface area (Å²) in [7, 11) is 0. The Morgan fingerprint density at radius 1 is 0.684 bits per heavy atom. The average molecular weight is 262 g/mol. The number of aromatic hydroxyl groups is 4. The molecule has 0 atom stereocenters. The molecule has 0 bridgehead atoms. The molecule has 102 valence electrons. The predicted molar refractivity (Wildman–Crippen MR) is 73.8 cm³/mol. The molecule has 0 heterocycles. The Hall–Kier alpha value is -2.36. The molecule has 0 aliphatic heterocycles. The second-order valence-electron chi connectivity index (χ2n) is 4.42. The van der Waals surface area contributed by atoms with E-state index >= 15 is 0 Å². The molecule has 4 heteroatoms. The van der Waals surface area contributed by atoms with Crippen molar-refractivity contribution < 1.29 is 20.4 Å². The minimum absolute atomic E-state index is 0.0645. The lowest BCUT2D eigenvalue weighted by Crippen LogP contribution is -1.81. The molecule has 0 saturated carbocycles. The average Bonchev–Trinajstić information content (AvgIpc) is 2.32. The summed E-state index contributed by atoms with van der Waals surface area (Å²) in [4.78, 5) is 0. The second-order valence-corrected chi connectivity index (χ2v) is 4.42. The van der Waals surface area contributed by atoms with Gasteiger partial charge in [0.1, 0.15) is 11.5 Å². The van der Waals surface area contributed by atoms with Crippen LogP contribution in [0.15, 0.2) is 30.3 Å². The summed E-state index contributed by atoms with van der Waals surface area (Å²) < 4.78 is 0. The molecule has 4 N–H and O–H groups in total. The summed E-state index contributed by atoms with van der Waals surface area (Å²) in [5.41, 5.74) is 3.11. The van der Waals surface area contributed by atoms with Crippen LogP contribution in [0.4, 0.5) is 0 Å². The van der Waals surface area contributed by atoms with Crippen molar-refractivity contribution in [1.82, 2.24) is 0 Å². The van der Waals surface area contributed by atoms with Gasteiger partial charge in [-0.05, 0) is 44.0 Å². The van der Waals surface area contributed by atoms with Crippen molar-refractivity contribution in [2.75, 3.05) is 0 Å². The van der Waals surface area contributed by atoms with Gasteiger partial charge in [-0.15, -0.1) is 0 Å². The van der Waals surface area contributed by atoms with Crippen molar-refractivity contribution in [2.45, 2.75) is 20.8 Å². The Morgan fingerprint density at radius 2 is 1.21 bits per heavy atom. The monoisotopic (exact) mass is 262 g/mol. The standard InChI is InChI=1S/C9H12O.C6H6O3/c1-6-4-7(2)9(10)8(3)5-6;7-4-1-2-5(8)6(9)3-4/h4-5,10H,1-3H3;1-3,7-9H. The summed E-state index contributed by atoms with van der Waals surface area (Å²) in [5.74, 6) is -0.182. The van der Waals surface area contributed by atoms with Gasteiger partial charge in [0.2, 0.25) is 0 Å². The highest BCUT2D eigenvalue weighted by atomic mass is 16.3. The first-order valence-electron chi connectivity index (χ1n) is 5.79. The maximum Gasteiger partial charge on any atom is 0.161 e. The van der Waals surface area contributed by atoms with Crippen molar-refractivity contribution in [3.05, 3.63) is 47.0 Å². The normalized spacial score (nSPS) is 9.63. The van der Waals surface area contributed by atoms with Crippen molar-refractivity contribution >= 4 is 0 Å². The summed E-state index contributed by atoms with van der Waals surface area (Å²) in [6.07, 6.45) is 0. The largest absolute Gasteiger partial charge is 0.508 e. The third-order valence-electron chi connectivity index (χ3n) is 2.59. The molecule has 0 spiro atoms. The predicted octanol–water partition coefficient (Wildman–Crippen LogP) is 3.12. The molecule has 0 saturated heterocycles. The zero-order chi connectivity index (χ0) is 14.6. The Bertz CT molecular complexity index is 553. The van der Waals surface area contributed by atoms with Gasteiger partial charge in [-0.3, -0.25) is 0 Å². The molecule has 0 unspecified atom stereocenters. The van der Waals surface area contributed by atoms with Gasteiger partial charge < -0.3 is 20.4 Å². The summed E-state index contributed by atoms with van der Waals surface area (Å²) >= 11 is 0. The van der Waals surface area contributed by atoms with E-state index in [1.807, 2.05) is 32.9 Å². The molecule has 0 aliphatic rings. The quantitative estimate of drug-likeness (QED) is 0.434. The van der Waals surface area contributed by atoms with Gasteiger partial charge in [0.05, 0.1) is 0 Å². The zero-order valence-corrected chi connectivity index (χ0v) is 11.2. The molecule has 0 aliphatic carbocycles. The molecular weight excluding hydrogens is 244 g/mol. The first-order chi connectivity index (χ1) is 8.81. The van der Waals surface area contributed by atoms with E-state index in [-0.39, 0.29) is 17.2 Å². The van der Waals surface area contributed by atoms with Crippen LogP contribution in [0, 0.1) is 20.8 Å². The first kappa shape index (κ1) is 14.7. The van der Waals surface area contributed by atoms with Gasteiger partial charge >= 0.3 is 0 Å². The molecule has 2 rings (SSSR count). The highest BCUT2D eigenvalue weighted by molar-refractivity contribution is 5.42. The lowest BCUT2D eigenvalue weighted by atomic mass is 10.1. The molecule has 2 aromatic rings. The molecule has 0 radical (unpaired) electrons. The Morgan fingerprint density at radius 3 is 1.63 bits per heavy atom. The smallest absolute Gasteiger partial charge is 0.161 e. The van der Waals surface area contributed by atoms with Crippen LogP contribution in [0.3, 0.4) is 0 Å². The van der Waals surface area contributed by atoms with E-state index in [2.05, 4.69) is 0 Å². The lowest BCUT2D eigenvalue weighted by molar-refractivity contribution is 0.396. The van der Waals surface area contributed by atoms with Crippen LogP contribution < -0.4 is 0 Å². The lowest BCUT2D eigenvalue weighted by Gasteiger charge is -2.03. The number of phenolic OH excluding ortho intramolecular Hbond substituents is 4. The summed E-state index contributed by atoms with van der Waals surface area (Å²) in [6.45, 7) is 5.85. The van der Waals surface area contributed by atoms with E-state index < -0.39 is 0 Å². The maximum absolute atomic E-state index is 9.33. The van der Waals surface area contributed by atoms with Gasteiger partial charge in [-0.2, -0.15) is 0 Å². The third-order valence-corrected chi connectivity index (χ3v) is 2.59. The van der Waals surface area contributed by atoms with Crippen molar-refractivity contribution in [1.29, 1.82) is 0 Å². The van der Waals surface area contributed by atoms with Crippen LogP contribution in [0.2, 0.25) is 0 Å². The number of hydrogen-bond acceptors (Lipinski definition) is 4. The highest BCUT2D eigenvalue weighted by Crippen LogP contribution is 2.27. The fraction of sp³-hybridized carbons (Fsp3) is 0.200. The van der Waals surface area contributed by atoms with Crippen LogP contribution >= 0.6 is 0 Å². The van der Waals surface area contributed by atoms with Gasteiger partial charge in [0.25, 0.3) is 0 Å². The van der Waals surface area contributed by atoms with Crippen LogP contribution in [0.1, 0.15) is 16.7 Å². The topological polar surface area (TPSA) is 80.9 Å².